The number of benzene rings is 2. The van der Waals surface area contributed by atoms with Crippen molar-refractivity contribution in [2.45, 2.75) is 6.54 Å². The van der Waals surface area contributed by atoms with Crippen molar-refractivity contribution in [1.29, 1.82) is 0 Å². The number of hydrogen-bond donors (Lipinski definition) is 1. The molecule has 0 radical (unpaired) electrons. The Kier molecular flexibility index (Phi) is 4.63. The molecule has 0 aliphatic rings. The van der Waals surface area contributed by atoms with Crippen LogP contribution in [0.3, 0.4) is 0 Å². The summed E-state index contributed by atoms with van der Waals surface area (Å²) in [5.74, 6) is 0.559. The molecule has 0 fully saturated rings. The van der Waals surface area contributed by atoms with Crippen LogP contribution in [-0.2, 0) is 6.54 Å². The lowest BCUT2D eigenvalue weighted by molar-refractivity contribution is 0.0955. The SMILES string of the molecule is COc1ccccc1CNC(=O)c1snnc1-c1ccccc1. The molecule has 2 aromatic carbocycles. The molecule has 0 unspecified atom stereocenters. The molecule has 1 heterocycles. The lowest BCUT2D eigenvalue weighted by Crippen LogP contribution is -2.22. The Morgan fingerprint density at radius 3 is 2.65 bits per heavy atom. The van der Waals surface area contributed by atoms with Crippen molar-refractivity contribution < 1.29 is 9.53 Å². The number of para-hydroxylation sites is 1. The number of carbonyl (C=O) groups is 1. The van der Waals surface area contributed by atoms with Gasteiger partial charge in [0.05, 0.1) is 7.11 Å². The third-order valence-corrected chi connectivity index (χ3v) is 4.10. The van der Waals surface area contributed by atoms with Crippen LogP contribution in [-0.4, -0.2) is 22.6 Å². The lowest BCUT2D eigenvalue weighted by Gasteiger charge is -2.09. The molecule has 0 atom stereocenters. The average molecular weight is 325 g/mol. The predicted molar refractivity (Wildman–Crippen MR) is 89.5 cm³/mol. The van der Waals surface area contributed by atoms with Crippen molar-refractivity contribution in [2.24, 2.45) is 0 Å². The molecule has 0 aliphatic carbocycles. The molecule has 116 valence electrons. The monoisotopic (exact) mass is 325 g/mol. The number of methoxy groups -OCH3 is 1. The molecule has 23 heavy (non-hydrogen) atoms. The van der Waals surface area contributed by atoms with Gasteiger partial charge in [-0.3, -0.25) is 4.79 Å². The van der Waals surface area contributed by atoms with Gasteiger partial charge >= 0.3 is 0 Å². The summed E-state index contributed by atoms with van der Waals surface area (Å²) in [5.41, 5.74) is 2.40. The standard InChI is InChI=1S/C17H15N3O2S/c1-22-14-10-6-5-9-13(14)11-18-17(21)16-15(19-20-23-16)12-7-3-2-4-8-12/h2-10H,11H2,1H3,(H,18,21). The fraction of sp³-hybridized carbons (Fsp3) is 0.118. The highest BCUT2D eigenvalue weighted by molar-refractivity contribution is 7.08. The predicted octanol–water partition coefficient (Wildman–Crippen LogP) is 3.14. The number of nitrogens with one attached hydrogen (secondary N) is 1. The van der Waals surface area contributed by atoms with Gasteiger partial charge in [0.2, 0.25) is 0 Å². The maximum Gasteiger partial charge on any atom is 0.265 e. The maximum absolute atomic E-state index is 12.5. The Morgan fingerprint density at radius 1 is 1.13 bits per heavy atom. The van der Waals surface area contributed by atoms with Crippen molar-refractivity contribution in [1.82, 2.24) is 14.9 Å². The minimum Gasteiger partial charge on any atom is -0.496 e. The molecule has 3 aromatic rings. The Labute approximate surface area is 138 Å². The lowest BCUT2D eigenvalue weighted by atomic mass is 10.1. The second kappa shape index (κ2) is 7.02. The first kappa shape index (κ1) is 15.2. The molecule has 0 spiro atoms. The number of rotatable bonds is 5. The molecule has 0 saturated carbocycles. The molecule has 0 saturated heterocycles. The minimum atomic E-state index is -0.190. The average Bonchev–Trinajstić information content (AvgIpc) is 3.10. The van der Waals surface area contributed by atoms with Gasteiger partial charge in [-0.1, -0.05) is 53.0 Å². The molecule has 3 rings (SSSR count). The molecular formula is C17H15N3O2S. The summed E-state index contributed by atoms with van der Waals surface area (Å²) in [6.07, 6.45) is 0. The number of amides is 1. The summed E-state index contributed by atoms with van der Waals surface area (Å²) in [6, 6.07) is 17.1. The highest BCUT2D eigenvalue weighted by Crippen LogP contribution is 2.24. The van der Waals surface area contributed by atoms with Crippen molar-refractivity contribution in [3.05, 3.63) is 65.0 Å². The fourth-order valence-corrected chi connectivity index (χ4v) is 2.83. The van der Waals surface area contributed by atoms with Gasteiger partial charge in [-0.2, -0.15) is 0 Å². The molecule has 5 nitrogen and oxygen atoms in total. The van der Waals surface area contributed by atoms with E-state index in [0.717, 1.165) is 28.4 Å². The topological polar surface area (TPSA) is 64.1 Å². The first-order valence-corrected chi connectivity index (χ1v) is 7.85. The van der Waals surface area contributed by atoms with Gasteiger partial charge in [-0.25, -0.2) is 0 Å². The van der Waals surface area contributed by atoms with Gasteiger partial charge in [-0.05, 0) is 17.6 Å². The quantitative estimate of drug-likeness (QED) is 0.783. The van der Waals surface area contributed by atoms with E-state index in [0.29, 0.717) is 17.1 Å². The molecule has 0 aliphatic heterocycles. The van der Waals surface area contributed by atoms with Gasteiger partial charge in [0.25, 0.3) is 5.91 Å². The van der Waals surface area contributed by atoms with E-state index in [4.69, 9.17) is 4.74 Å². The second-order valence-electron chi connectivity index (χ2n) is 4.81. The molecule has 1 aromatic heterocycles. The zero-order valence-corrected chi connectivity index (χ0v) is 13.3. The van der Waals surface area contributed by atoms with Crippen LogP contribution >= 0.6 is 11.5 Å². The van der Waals surface area contributed by atoms with Crippen LogP contribution in [0, 0.1) is 0 Å². The third-order valence-electron chi connectivity index (χ3n) is 3.37. The molecule has 0 bridgehead atoms. The van der Waals surface area contributed by atoms with Crippen molar-refractivity contribution in [3.63, 3.8) is 0 Å². The van der Waals surface area contributed by atoms with Gasteiger partial charge in [0.1, 0.15) is 16.3 Å². The van der Waals surface area contributed by atoms with Gasteiger partial charge < -0.3 is 10.1 Å². The van der Waals surface area contributed by atoms with Gasteiger partial charge in [0, 0.05) is 17.7 Å². The van der Waals surface area contributed by atoms with Crippen LogP contribution < -0.4 is 10.1 Å². The fourth-order valence-electron chi connectivity index (χ4n) is 2.23. The summed E-state index contributed by atoms with van der Waals surface area (Å²) in [4.78, 5) is 13.0. The van der Waals surface area contributed by atoms with E-state index >= 15 is 0 Å². The van der Waals surface area contributed by atoms with Crippen LogP contribution in [0.2, 0.25) is 0 Å². The Balaban J connectivity index is 1.76. The van der Waals surface area contributed by atoms with Crippen LogP contribution in [0.15, 0.2) is 54.6 Å². The maximum atomic E-state index is 12.5. The largest absolute Gasteiger partial charge is 0.496 e. The molecular weight excluding hydrogens is 310 g/mol. The Morgan fingerprint density at radius 2 is 1.87 bits per heavy atom. The van der Waals surface area contributed by atoms with Crippen LogP contribution in [0.25, 0.3) is 11.3 Å². The summed E-state index contributed by atoms with van der Waals surface area (Å²) in [5, 5.41) is 6.98. The van der Waals surface area contributed by atoms with E-state index in [2.05, 4.69) is 14.9 Å². The normalized spacial score (nSPS) is 10.3. The molecule has 1 N–H and O–H groups in total. The van der Waals surface area contributed by atoms with Gasteiger partial charge in [0.15, 0.2) is 0 Å². The Bertz CT molecular complexity index is 802. The summed E-state index contributed by atoms with van der Waals surface area (Å²) < 4.78 is 9.20. The van der Waals surface area contributed by atoms with E-state index in [1.807, 2.05) is 54.6 Å². The van der Waals surface area contributed by atoms with Crippen molar-refractivity contribution in [3.8, 4) is 17.0 Å². The zero-order chi connectivity index (χ0) is 16.1. The highest BCUT2D eigenvalue weighted by Gasteiger charge is 2.17. The number of ether oxygens (including phenoxy) is 1. The summed E-state index contributed by atoms with van der Waals surface area (Å²) >= 11 is 1.09. The number of nitrogens with zero attached hydrogens (tertiary/aromatic N) is 2. The third kappa shape index (κ3) is 3.37. The first-order valence-electron chi connectivity index (χ1n) is 7.07. The minimum absolute atomic E-state index is 0.190. The molecule has 1 amide bonds. The number of carbonyl (C=O) groups excluding carboxylic acids is 1. The second-order valence-corrected chi connectivity index (χ2v) is 5.57. The van der Waals surface area contributed by atoms with Gasteiger partial charge in [-0.15, -0.1) is 5.10 Å². The first-order chi connectivity index (χ1) is 11.3. The van der Waals surface area contributed by atoms with Crippen molar-refractivity contribution in [2.75, 3.05) is 7.11 Å². The Hall–Kier alpha value is -2.73. The van der Waals surface area contributed by atoms with E-state index in [1.54, 1.807) is 7.11 Å². The summed E-state index contributed by atoms with van der Waals surface area (Å²) in [7, 11) is 1.61. The number of hydrogen-bond acceptors (Lipinski definition) is 5. The van der Waals surface area contributed by atoms with E-state index in [-0.39, 0.29) is 5.91 Å². The number of aromatic nitrogens is 2. The highest BCUT2D eigenvalue weighted by atomic mass is 32.1. The van der Waals surface area contributed by atoms with Crippen LogP contribution in [0.4, 0.5) is 0 Å². The van der Waals surface area contributed by atoms with Crippen LogP contribution in [0.5, 0.6) is 5.75 Å². The smallest absolute Gasteiger partial charge is 0.265 e. The van der Waals surface area contributed by atoms with E-state index in [9.17, 15) is 4.79 Å². The van der Waals surface area contributed by atoms with Crippen molar-refractivity contribution >= 4 is 17.4 Å². The van der Waals surface area contributed by atoms with E-state index < -0.39 is 0 Å². The zero-order valence-electron chi connectivity index (χ0n) is 12.5. The summed E-state index contributed by atoms with van der Waals surface area (Å²) in [6.45, 7) is 0.384. The molecule has 6 heteroatoms. The van der Waals surface area contributed by atoms with E-state index in [1.165, 1.54) is 0 Å². The van der Waals surface area contributed by atoms with Crippen LogP contribution in [0.1, 0.15) is 15.2 Å².